The first-order valence-electron chi connectivity index (χ1n) is 6.18. The van der Waals surface area contributed by atoms with Crippen molar-refractivity contribution in [3.05, 3.63) is 47.0 Å². The largest absolute Gasteiger partial charge is 0.478 e. The molecule has 2 N–H and O–H groups in total. The molecule has 1 atom stereocenters. The summed E-state index contributed by atoms with van der Waals surface area (Å²) in [5, 5.41) is 18.1. The summed E-state index contributed by atoms with van der Waals surface area (Å²) in [7, 11) is 0. The lowest BCUT2D eigenvalue weighted by atomic mass is 9.99. The van der Waals surface area contributed by atoms with Crippen molar-refractivity contribution in [1.82, 2.24) is 0 Å². The molecule has 0 aliphatic rings. The van der Waals surface area contributed by atoms with Gasteiger partial charge in [-0.15, -0.1) is 0 Å². The van der Waals surface area contributed by atoms with Crippen molar-refractivity contribution in [2.75, 3.05) is 0 Å². The summed E-state index contributed by atoms with van der Waals surface area (Å²) in [6.07, 6.45) is -0.502. The fourth-order valence-corrected chi connectivity index (χ4v) is 1.74. The molecule has 6 nitrogen and oxygen atoms in total. The molecule has 1 rings (SSSR count). The van der Waals surface area contributed by atoms with Gasteiger partial charge >= 0.3 is 17.9 Å². The maximum Gasteiger partial charge on any atom is 0.335 e. The molecule has 1 unspecified atom stereocenters. The van der Waals surface area contributed by atoms with Gasteiger partial charge in [0.2, 0.25) is 0 Å². The van der Waals surface area contributed by atoms with E-state index < -0.39 is 24.0 Å². The van der Waals surface area contributed by atoms with Gasteiger partial charge in [-0.25, -0.2) is 14.4 Å². The molecule has 0 bridgehead atoms. The molecule has 0 fully saturated rings. The second kappa shape index (κ2) is 6.69. The van der Waals surface area contributed by atoms with Crippen molar-refractivity contribution in [2.45, 2.75) is 26.4 Å². The van der Waals surface area contributed by atoms with E-state index in [0.717, 1.165) is 0 Å². The van der Waals surface area contributed by atoms with Gasteiger partial charge in [0.1, 0.15) is 6.10 Å². The van der Waals surface area contributed by atoms with E-state index >= 15 is 0 Å². The van der Waals surface area contributed by atoms with E-state index in [1.807, 2.05) is 0 Å². The van der Waals surface area contributed by atoms with Gasteiger partial charge in [-0.1, -0.05) is 6.58 Å². The molecular weight excluding hydrogens is 276 g/mol. The molecule has 0 aliphatic heterocycles. The first kappa shape index (κ1) is 16.4. The number of carboxylic acids is 2. The number of carbonyl (C=O) groups is 3. The molecule has 1 aromatic rings. The van der Waals surface area contributed by atoms with Gasteiger partial charge in [0.05, 0.1) is 11.1 Å². The third-order valence-electron chi connectivity index (χ3n) is 2.75. The van der Waals surface area contributed by atoms with E-state index in [-0.39, 0.29) is 23.1 Å². The summed E-state index contributed by atoms with van der Waals surface area (Å²) >= 11 is 0. The molecule has 0 saturated carbocycles. The summed E-state index contributed by atoms with van der Waals surface area (Å²) in [5.74, 6) is -2.89. The lowest BCUT2D eigenvalue weighted by Gasteiger charge is -2.15. The summed E-state index contributed by atoms with van der Waals surface area (Å²) in [4.78, 5) is 33.5. The first-order chi connectivity index (χ1) is 9.72. The third-order valence-corrected chi connectivity index (χ3v) is 2.75. The Morgan fingerprint density at radius 2 is 1.86 bits per heavy atom. The molecule has 0 heterocycles. The summed E-state index contributed by atoms with van der Waals surface area (Å²) in [6.45, 7) is 6.55. The number of benzene rings is 1. The van der Waals surface area contributed by atoms with E-state index in [2.05, 4.69) is 6.58 Å². The average molecular weight is 292 g/mol. The highest BCUT2D eigenvalue weighted by molar-refractivity contribution is 5.93. The molecule has 0 aliphatic carbocycles. The van der Waals surface area contributed by atoms with Crippen molar-refractivity contribution in [3.8, 4) is 0 Å². The van der Waals surface area contributed by atoms with Crippen molar-refractivity contribution >= 4 is 17.9 Å². The number of hydrogen-bond donors (Lipinski definition) is 2. The van der Waals surface area contributed by atoms with Gasteiger partial charge < -0.3 is 14.9 Å². The van der Waals surface area contributed by atoms with Crippen LogP contribution in [-0.2, 0) is 16.0 Å². The molecule has 1 aromatic carbocycles. The number of rotatable bonds is 6. The summed E-state index contributed by atoms with van der Waals surface area (Å²) in [5.41, 5.74) is 0.496. The van der Waals surface area contributed by atoms with Gasteiger partial charge in [0, 0.05) is 12.0 Å². The highest BCUT2D eigenvalue weighted by atomic mass is 16.5. The van der Waals surface area contributed by atoms with Gasteiger partial charge in [-0.2, -0.15) is 0 Å². The summed E-state index contributed by atoms with van der Waals surface area (Å²) in [6, 6.07) is 3.73. The predicted octanol–water partition coefficient (Wildman–Crippen LogP) is 2.13. The van der Waals surface area contributed by atoms with Gasteiger partial charge in [-0.05, 0) is 37.6 Å². The standard InChI is InChI=1S/C15H16O6/c1-8(2)15(20)21-9(3)6-11-7-10(13(16)17)4-5-12(11)14(18)19/h4-5,7,9H,1,6H2,2-3H3,(H,16,17)(H,18,19). The van der Waals surface area contributed by atoms with Crippen LogP contribution in [0.2, 0.25) is 0 Å². The van der Waals surface area contributed by atoms with Crippen LogP contribution >= 0.6 is 0 Å². The lowest BCUT2D eigenvalue weighted by molar-refractivity contribution is -0.143. The quantitative estimate of drug-likeness (QED) is 0.615. The van der Waals surface area contributed by atoms with E-state index in [1.54, 1.807) is 6.92 Å². The zero-order chi connectivity index (χ0) is 16.2. The normalized spacial score (nSPS) is 11.5. The molecule has 0 spiro atoms. The molecule has 21 heavy (non-hydrogen) atoms. The van der Waals surface area contributed by atoms with Gasteiger partial charge in [0.25, 0.3) is 0 Å². The van der Waals surface area contributed by atoms with Crippen molar-refractivity contribution in [1.29, 1.82) is 0 Å². The second-order valence-corrected chi connectivity index (χ2v) is 4.68. The Labute approximate surface area is 121 Å². The Kier molecular flexibility index (Phi) is 5.24. The third kappa shape index (κ3) is 4.45. The van der Waals surface area contributed by atoms with E-state index in [1.165, 1.54) is 25.1 Å². The number of hydrogen-bond acceptors (Lipinski definition) is 4. The minimum atomic E-state index is -1.17. The number of esters is 1. The zero-order valence-electron chi connectivity index (χ0n) is 11.8. The van der Waals surface area contributed by atoms with Crippen LogP contribution in [0.25, 0.3) is 0 Å². The number of carboxylic acid groups (broad SMARTS) is 2. The Morgan fingerprint density at radius 3 is 2.33 bits per heavy atom. The number of aromatic carboxylic acids is 2. The van der Waals surface area contributed by atoms with Crippen LogP contribution < -0.4 is 0 Å². The predicted molar refractivity (Wildman–Crippen MR) is 74.4 cm³/mol. The fraction of sp³-hybridized carbons (Fsp3) is 0.267. The van der Waals surface area contributed by atoms with Crippen LogP contribution in [0, 0.1) is 0 Å². The van der Waals surface area contributed by atoms with Crippen LogP contribution in [0.1, 0.15) is 40.1 Å². The van der Waals surface area contributed by atoms with Gasteiger partial charge in [0.15, 0.2) is 0 Å². The highest BCUT2D eigenvalue weighted by Crippen LogP contribution is 2.16. The maximum atomic E-state index is 11.4. The summed E-state index contributed by atoms with van der Waals surface area (Å²) < 4.78 is 5.07. The van der Waals surface area contributed by atoms with E-state index in [0.29, 0.717) is 5.56 Å². The average Bonchev–Trinajstić information content (AvgIpc) is 2.37. The van der Waals surface area contributed by atoms with Crippen molar-refractivity contribution in [2.24, 2.45) is 0 Å². The lowest BCUT2D eigenvalue weighted by Crippen LogP contribution is -2.19. The minimum absolute atomic E-state index is 0.0155. The molecular formula is C15H16O6. The highest BCUT2D eigenvalue weighted by Gasteiger charge is 2.17. The fourth-order valence-electron chi connectivity index (χ4n) is 1.74. The topological polar surface area (TPSA) is 101 Å². The molecule has 0 radical (unpaired) electrons. The van der Waals surface area contributed by atoms with Crippen LogP contribution in [0.15, 0.2) is 30.4 Å². The van der Waals surface area contributed by atoms with Crippen molar-refractivity contribution < 1.29 is 29.3 Å². The smallest absolute Gasteiger partial charge is 0.335 e. The van der Waals surface area contributed by atoms with Crippen LogP contribution in [0.3, 0.4) is 0 Å². The molecule has 0 amide bonds. The second-order valence-electron chi connectivity index (χ2n) is 4.68. The Morgan fingerprint density at radius 1 is 1.24 bits per heavy atom. The SMILES string of the molecule is C=C(C)C(=O)OC(C)Cc1cc(C(=O)O)ccc1C(=O)O. The Hall–Kier alpha value is -2.63. The zero-order valence-corrected chi connectivity index (χ0v) is 11.8. The maximum absolute atomic E-state index is 11.4. The molecule has 6 heteroatoms. The Balaban J connectivity index is 3.01. The molecule has 112 valence electrons. The van der Waals surface area contributed by atoms with Gasteiger partial charge in [-0.3, -0.25) is 0 Å². The van der Waals surface area contributed by atoms with Crippen molar-refractivity contribution in [3.63, 3.8) is 0 Å². The first-order valence-corrected chi connectivity index (χ1v) is 6.18. The van der Waals surface area contributed by atoms with Crippen LogP contribution in [0.5, 0.6) is 0 Å². The monoisotopic (exact) mass is 292 g/mol. The Bertz CT molecular complexity index is 602. The van der Waals surface area contributed by atoms with Crippen LogP contribution in [0.4, 0.5) is 0 Å². The molecule has 0 saturated heterocycles. The molecule has 0 aromatic heterocycles. The van der Waals surface area contributed by atoms with Crippen LogP contribution in [-0.4, -0.2) is 34.2 Å². The van der Waals surface area contributed by atoms with E-state index in [4.69, 9.17) is 14.9 Å². The van der Waals surface area contributed by atoms with E-state index in [9.17, 15) is 14.4 Å². The number of ether oxygens (including phenoxy) is 1. The number of carbonyl (C=O) groups excluding carboxylic acids is 1. The minimum Gasteiger partial charge on any atom is -0.478 e.